The van der Waals surface area contributed by atoms with Crippen LogP contribution in [0.2, 0.25) is 0 Å². The predicted molar refractivity (Wildman–Crippen MR) is 124 cm³/mol. The van der Waals surface area contributed by atoms with Crippen LogP contribution in [-0.2, 0) is 21.4 Å². The Balaban J connectivity index is 1.72. The zero-order valence-corrected chi connectivity index (χ0v) is 18.8. The van der Waals surface area contributed by atoms with Crippen LogP contribution in [0.1, 0.15) is 18.1 Å². The summed E-state index contributed by atoms with van der Waals surface area (Å²) in [6.45, 7) is 1.88. The third kappa shape index (κ3) is 6.96. The van der Waals surface area contributed by atoms with E-state index in [1.54, 1.807) is 42.5 Å². The quantitative estimate of drug-likeness (QED) is 0.363. The van der Waals surface area contributed by atoms with Crippen LogP contribution in [0.25, 0.3) is 0 Å². The van der Waals surface area contributed by atoms with Gasteiger partial charge in [0, 0.05) is 6.54 Å². The van der Waals surface area contributed by atoms with Crippen molar-refractivity contribution in [2.45, 2.75) is 18.4 Å². The average Bonchev–Trinajstić information content (AvgIpc) is 2.82. The first-order valence-electron chi connectivity index (χ1n) is 10.2. The smallest absolute Gasteiger partial charge is 0.255 e. The van der Waals surface area contributed by atoms with Gasteiger partial charge in [-0.1, -0.05) is 30.3 Å². The van der Waals surface area contributed by atoms with Gasteiger partial charge in [-0.15, -0.1) is 0 Å². The minimum absolute atomic E-state index is 0.0535. The van der Waals surface area contributed by atoms with E-state index in [4.69, 9.17) is 4.74 Å². The molecule has 0 aliphatic carbocycles. The highest BCUT2D eigenvalue weighted by Gasteiger charge is 2.26. The van der Waals surface area contributed by atoms with Crippen molar-refractivity contribution in [3.05, 3.63) is 95.8 Å². The number of ether oxygens (including phenoxy) is 1. The topological polar surface area (TPSA) is 88.1 Å². The van der Waals surface area contributed by atoms with Crippen LogP contribution >= 0.6 is 0 Å². The Hall–Kier alpha value is -3.56. The molecule has 0 unspecified atom stereocenters. The van der Waals surface area contributed by atoms with Gasteiger partial charge in [0.05, 0.1) is 24.3 Å². The van der Waals surface area contributed by atoms with Crippen LogP contribution < -0.4 is 10.2 Å². The van der Waals surface area contributed by atoms with E-state index in [1.165, 1.54) is 42.6 Å². The third-order valence-electron chi connectivity index (χ3n) is 4.57. The molecule has 0 fully saturated rings. The summed E-state index contributed by atoms with van der Waals surface area (Å²) in [5, 5.41) is 3.91. The lowest BCUT2D eigenvalue weighted by atomic mass is 10.2. The maximum Gasteiger partial charge on any atom is 0.255 e. The van der Waals surface area contributed by atoms with Crippen LogP contribution in [0.15, 0.2) is 88.9 Å². The molecule has 0 saturated heterocycles. The number of nitrogens with zero attached hydrogens (tertiary/aromatic N) is 2. The van der Waals surface area contributed by atoms with Gasteiger partial charge in [0.25, 0.3) is 5.91 Å². The lowest BCUT2D eigenvalue weighted by molar-refractivity contribution is -0.121. The second kappa shape index (κ2) is 11.3. The Bertz CT molecular complexity index is 1180. The van der Waals surface area contributed by atoms with Crippen molar-refractivity contribution in [3.63, 3.8) is 0 Å². The molecule has 0 aliphatic rings. The Morgan fingerprint density at radius 2 is 1.70 bits per heavy atom. The molecule has 0 saturated carbocycles. The van der Waals surface area contributed by atoms with Gasteiger partial charge in [0.2, 0.25) is 10.0 Å². The van der Waals surface area contributed by atoms with Crippen molar-refractivity contribution in [2.75, 3.05) is 13.2 Å². The second-order valence-electron chi connectivity index (χ2n) is 7.01. The summed E-state index contributed by atoms with van der Waals surface area (Å²) in [7, 11) is -3.98. The molecule has 1 amide bonds. The summed E-state index contributed by atoms with van der Waals surface area (Å²) in [5.41, 5.74) is 3.63. The third-order valence-corrected chi connectivity index (χ3v) is 6.37. The van der Waals surface area contributed by atoms with Crippen molar-refractivity contribution in [2.24, 2.45) is 5.10 Å². The summed E-state index contributed by atoms with van der Waals surface area (Å²) in [5.74, 6) is -0.322. The SMILES string of the molecule is CCOc1ccc(/C=N\NC(=O)CN(Cc2ccc(F)cc2)S(=O)(=O)c2ccccc2)cc1. The second-order valence-corrected chi connectivity index (χ2v) is 8.95. The van der Waals surface area contributed by atoms with Gasteiger partial charge in [0.15, 0.2) is 0 Å². The molecule has 7 nitrogen and oxygen atoms in total. The average molecular weight is 470 g/mol. The molecule has 172 valence electrons. The zero-order valence-electron chi connectivity index (χ0n) is 18.0. The Morgan fingerprint density at radius 3 is 2.33 bits per heavy atom. The number of hydrogen-bond donors (Lipinski definition) is 1. The van der Waals surface area contributed by atoms with Crippen molar-refractivity contribution in [1.82, 2.24) is 9.73 Å². The molecule has 1 N–H and O–H groups in total. The summed E-state index contributed by atoms with van der Waals surface area (Å²) in [4.78, 5) is 12.5. The monoisotopic (exact) mass is 469 g/mol. The molecule has 0 radical (unpaired) electrons. The van der Waals surface area contributed by atoms with Gasteiger partial charge in [0.1, 0.15) is 11.6 Å². The van der Waals surface area contributed by atoms with Crippen LogP contribution in [0.3, 0.4) is 0 Å². The van der Waals surface area contributed by atoms with Crippen molar-refractivity contribution < 1.29 is 22.3 Å². The fraction of sp³-hybridized carbons (Fsp3) is 0.167. The van der Waals surface area contributed by atoms with Crippen molar-refractivity contribution in [3.8, 4) is 5.75 Å². The number of rotatable bonds is 10. The molecular formula is C24H24FN3O4S. The van der Waals surface area contributed by atoms with Crippen LogP contribution in [0.4, 0.5) is 4.39 Å². The molecule has 0 bridgehead atoms. The number of hydrazone groups is 1. The van der Waals surface area contributed by atoms with E-state index in [0.717, 1.165) is 15.6 Å². The van der Waals surface area contributed by atoms with Crippen LogP contribution in [0.5, 0.6) is 5.75 Å². The van der Waals surface area contributed by atoms with E-state index in [2.05, 4.69) is 10.5 Å². The first kappa shape index (κ1) is 24.1. The minimum Gasteiger partial charge on any atom is -0.494 e. The number of nitrogens with one attached hydrogen (secondary N) is 1. The number of carbonyl (C=O) groups excluding carboxylic acids is 1. The van der Waals surface area contributed by atoms with E-state index in [1.807, 2.05) is 6.92 Å². The molecule has 0 atom stereocenters. The molecule has 3 aromatic carbocycles. The highest BCUT2D eigenvalue weighted by atomic mass is 32.2. The number of carbonyl (C=O) groups is 1. The largest absolute Gasteiger partial charge is 0.494 e. The number of amides is 1. The summed E-state index contributed by atoms with van der Waals surface area (Å²) < 4.78 is 45.9. The normalized spacial score (nSPS) is 11.6. The number of benzene rings is 3. The zero-order chi connectivity index (χ0) is 23.7. The van der Waals surface area contributed by atoms with Gasteiger partial charge >= 0.3 is 0 Å². The lowest BCUT2D eigenvalue weighted by Gasteiger charge is -2.21. The molecular weight excluding hydrogens is 445 g/mol. The van der Waals surface area contributed by atoms with E-state index < -0.39 is 28.3 Å². The summed E-state index contributed by atoms with van der Waals surface area (Å²) >= 11 is 0. The van der Waals surface area contributed by atoms with E-state index >= 15 is 0 Å². The minimum atomic E-state index is -3.98. The maximum atomic E-state index is 13.3. The summed E-state index contributed by atoms with van der Waals surface area (Å²) in [6.07, 6.45) is 1.45. The van der Waals surface area contributed by atoms with Gasteiger partial charge in [-0.2, -0.15) is 9.41 Å². The van der Waals surface area contributed by atoms with Crippen molar-refractivity contribution in [1.29, 1.82) is 0 Å². The molecule has 3 aromatic rings. The fourth-order valence-electron chi connectivity index (χ4n) is 2.95. The highest BCUT2D eigenvalue weighted by Crippen LogP contribution is 2.18. The molecule has 9 heteroatoms. The van der Waals surface area contributed by atoms with Gasteiger partial charge in [-0.05, 0) is 66.6 Å². The lowest BCUT2D eigenvalue weighted by Crippen LogP contribution is -2.39. The Labute approximate surface area is 192 Å². The number of halogens is 1. The van der Waals surface area contributed by atoms with Crippen molar-refractivity contribution >= 4 is 22.1 Å². The first-order valence-corrected chi connectivity index (χ1v) is 11.7. The van der Waals surface area contributed by atoms with Gasteiger partial charge in [-0.25, -0.2) is 18.2 Å². The molecule has 0 heterocycles. The number of sulfonamides is 1. The predicted octanol–water partition coefficient (Wildman–Crippen LogP) is 3.57. The van der Waals surface area contributed by atoms with Crippen LogP contribution in [-0.4, -0.2) is 38.0 Å². The standard InChI is InChI=1S/C24H24FN3O4S/c1-2-32-22-14-10-19(11-15-22)16-26-27-24(29)18-28(17-20-8-12-21(25)13-9-20)33(30,31)23-6-4-3-5-7-23/h3-16H,2,17-18H2,1H3,(H,27,29)/b26-16-. The maximum absolute atomic E-state index is 13.3. The van der Waals surface area contributed by atoms with Gasteiger partial charge < -0.3 is 4.74 Å². The van der Waals surface area contributed by atoms with E-state index in [9.17, 15) is 17.6 Å². The summed E-state index contributed by atoms with van der Waals surface area (Å²) in [6, 6.07) is 20.4. The fourth-order valence-corrected chi connectivity index (χ4v) is 4.36. The molecule has 33 heavy (non-hydrogen) atoms. The molecule has 0 spiro atoms. The van der Waals surface area contributed by atoms with E-state index in [0.29, 0.717) is 12.2 Å². The van der Waals surface area contributed by atoms with E-state index in [-0.39, 0.29) is 11.4 Å². The first-order chi connectivity index (χ1) is 15.9. The molecule has 0 aromatic heterocycles. The number of hydrogen-bond acceptors (Lipinski definition) is 5. The highest BCUT2D eigenvalue weighted by molar-refractivity contribution is 7.89. The molecule has 0 aliphatic heterocycles. The Morgan fingerprint density at radius 1 is 1.03 bits per heavy atom. The Kier molecular flexibility index (Phi) is 8.28. The van der Waals surface area contributed by atoms with Crippen LogP contribution in [0, 0.1) is 5.82 Å². The molecule has 3 rings (SSSR count). The van der Waals surface area contributed by atoms with Gasteiger partial charge in [-0.3, -0.25) is 4.79 Å².